The SMILES string of the molecule is OCC(c1ccc(F)cc1)C(CCCc1c[nH]c2ccc(-n3cnnc3)cc12)N1CCNCC1. The molecule has 2 atom stereocenters. The Bertz CT molecular complexity index is 1180. The first kappa shape index (κ1) is 22.7. The van der Waals surface area contributed by atoms with Gasteiger partial charge in [0.25, 0.3) is 0 Å². The van der Waals surface area contributed by atoms with Gasteiger partial charge in [0.15, 0.2) is 0 Å². The standard InChI is InChI=1S/C26H31FN6O/c27-21-6-4-19(5-7-21)24(16-34)26(32-12-10-28-11-13-32)3-1-2-20-15-29-25-9-8-22(14-23(20)25)33-17-30-31-18-33/h4-9,14-15,17-18,24,26,28-29,34H,1-3,10-13,16H2. The Morgan fingerprint density at radius 1 is 1.03 bits per heavy atom. The van der Waals surface area contributed by atoms with Gasteiger partial charge >= 0.3 is 0 Å². The second-order valence-corrected chi connectivity index (χ2v) is 9.00. The van der Waals surface area contributed by atoms with Crippen molar-refractivity contribution in [3.63, 3.8) is 0 Å². The Balaban J connectivity index is 1.33. The van der Waals surface area contributed by atoms with Crippen LogP contribution in [0.3, 0.4) is 0 Å². The minimum absolute atomic E-state index is 0.0398. The Hall–Kier alpha value is -3.07. The highest BCUT2D eigenvalue weighted by Gasteiger charge is 2.29. The van der Waals surface area contributed by atoms with Gasteiger partial charge in [-0.1, -0.05) is 12.1 Å². The van der Waals surface area contributed by atoms with Crippen LogP contribution in [-0.2, 0) is 6.42 Å². The van der Waals surface area contributed by atoms with E-state index in [2.05, 4.69) is 49.8 Å². The van der Waals surface area contributed by atoms with Crippen molar-refractivity contribution < 1.29 is 9.50 Å². The van der Waals surface area contributed by atoms with Gasteiger partial charge in [0.2, 0.25) is 0 Å². The largest absolute Gasteiger partial charge is 0.396 e. The number of nitrogens with zero attached hydrogens (tertiary/aromatic N) is 4. The van der Waals surface area contributed by atoms with Crippen LogP contribution in [0.15, 0.2) is 61.3 Å². The van der Waals surface area contributed by atoms with Gasteiger partial charge in [0.05, 0.1) is 6.61 Å². The monoisotopic (exact) mass is 462 g/mol. The fraction of sp³-hybridized carbons (Fsp3) is 0.385. The summed E-state index contributed by atoms with van der Waals surface area (Å²) in [5.41, 5.74) is 4.43. The van der Waals surface area contributed by atoms with Crippen molar-refractivity contribution in [1.82, 2.24) is 30.0 Å². The number of fused-ring (bicyclic) bond motifs is 1. The number of nitrogens with one attached hydrogen (secondary N) is 2. The van der Waals surface area contributed by atoms with E-state index < -0.39 is 0 Å². The van der Waals surface area contributed by atoms with Crippen LogP contribution in [-0.4, -0.2) is 68.6 Å². The van der Waals surface area contributed by atoms with Crippen molar-refractivity contribution in [1.29, 1.82) is 0 Å². The van der Waals surface area contributed by atoms with Gasteiger partial charge in [0.1, 0.15) is 18.5 Å². The molecule has 8 heteroatoms. The topological polar surface area (TPSA) is 82.0 Å². The molecule has 3 N–H and O–H groups in total. The molecular formula is C26H31FN6O. The third-order valence-corrected chi connectivity index (χ3v) is 6.99. The first-order valence-corrected chi connectivity index (χ1v) is 12.0. The maximum absolute atomic E-state index is 13.5. The van der Waals surface area contributed by atoms with Gasteiger partial charge < -0.3 is 15.4 Å². The maximum atomic E-state index is 13.5. The molecule has 7 nitrogen and oxygen atoms in total. The van der Waals surface area contributed by atoms with E-state index in [1.54, 1.807) is 12.7 Å². The number of hydrogen-bond donors (Lipinski definition) is 3. The predicted molar refractivity (Wildman–Crippen MR) is 131 cm³/mol. The highest BCUT2D eigenvalue weighted by atomic mass is 19.1. The minimum atomic E-state index is -0.246. The lowest BCUT2D eigenvalue weighted by Crippen LogP contribution is -2.51. The van der Waals surface area contributed by atoms with Crippen LogP contribution in [0.4, 0.5) is 4.39 Å². The van der Waals surface area contributed by atoms with E-state index in [0.29, 0.717) is 0 Å². The molecule has 3 heterocycles. The van der Waals surface area contributed by atoms with Gasteiger partial charge in [-0.2, -0.15) is 0 Å². The van der Waals surface area contributed by atoms with Crippen molar-refractivity contribution in [2.45, 2.75) is 31.2 Å². The average molecular weight is 463 g/mol. The lowest BCUT2D eigenvalue weighted by Gasteiger charge is -2.39. The summed E-state index contributed by atoms with van der Waals surface area (Å²) >= 11 is 0. The van der Waals surface area contributed by atoms with Crippen molar-refractivity contribution in [2.75, 3.05) is 32.8 Å². The maximum Gasteiger partial charge on any atom is 0.123 e. The molecule has 2 aromatic heterocycles. The van der Waals surface area contributed by atoms with E-state index in [1.807, 2.05) is 16.7 Å². The van der Waals surface area contributed by atoms with Crippen LogP contribution in [0.5, 0.6) is 0 Å². The van der Waals surface area contributed by atoms with Crippen LogP contribution in [0.1, 0.15) is 29.9 Å². The second kappa shape index (κ2) is 10.5. The molecule has 2 unspecified atom stereocenters. The fourth-order valence-corrected chi connectivity index (χ4v) is 5.18. The van der Waals surface area contributed by atoms with Gasteiger partial charge in [-0.15, -0.1) is 10.2 Å². The summed E-state index contributed by atoms with van der Waals surface area (Å²) < 4.78 is 15.4. The molecule has 4 aromatic rings. The zero-order valence-corrected chi connectivity index (χ0v) is 19.2. The van der Waals surface area contributed by atoms with E-state index in [-0.39, 0.29) is 24.4 Å². The number of aromatic amines is 1. The number of aryl methyl sites for hydroxylation is 1. The number of benzene rings is 2. The molecule has 34 heavy (non-hydrogen) atoms. The van der Waals surface area contributed by atoms with Crippen molar-refractivity contribution in [3.8, 4) is 5.69 Å². The minimum Gasteiger partial charge on any atom is -0.396 e. The van der Waals surface area contributed by atoms with E-state index >= 15 is 0 Å². The van der Waals surface area contributed by atoms with Gasteiger partial charge in [-0.3, -0.25) is 9.47 Å². The van der Waals surface area contributed by atoms with E-state index in [1.165, 1.54) is 23.1 Å². The van der Waals surface area contributed by atoms with Crippen LogP contribution in [0, 0.1) is 5.82 Å². The predicted octanol–water partition coefficient (Wildman–Crippen LogP) is 3.26. The lowest BCUT2D eigenvalue weighted by atomic mass is 9.87. The molecule has 5 rings (SSSR count). The molecule has 0 spiro atoms. The second-order valence-electron chi connectivity index (χ2n) is 9.00. The Kier molecular flexibility index (Phi) is 6.99. The highest BCUT2D eigenvalue weighted by Crippen LogP contribution is 2.29. The molecule has 0 bridgehead atoms. The summed E-state index contributed by atoms with van der Waals surface area (Å²) in [5, 5.41) is 22.8. The first-order chi connectivity index (χ1) is 16.7. The number of aliphatic hydroxyl groups excluding tert-OH is 1. The Morgan fingerprint density at radius 3 is 2.53 bits per heavy atom. The molecule has 1 fully saturated rings. The molecule has 1 saturated heterocycles. The molecule has 1 aliphatic rings. The van der Waals surface area contributed by atoms with Gasteiger partial charge in [-0.05, 0) is 60.7 Å². The zero-order valence-electron chi connectivity index (χ0n) is 19.2. The quantitative estimate of drug-likeness (QED) is 0.356. The number of aromatic nitrogens is 4. The first-order valence-electron chi connectivity index (χ1n) is 12.0. The van der Waals surface area contributed by atoms with Crippen molar-refractivity contribution in [3.05, 3.63) is 78.3 Å². The summed E-state index contributed by atoms with van der Waals surface area (Å²) in [5.74, 6) is -0.286. The fourth-order valence-electron chi connectivity index (χ4n) is 5.18. The number of piperazine rings is 1. The number of rotatable bonds is 9. The third kappa shape index (κ3) is 4.89. The van der Waals surface area contributed by atoms with Crippen LogP contribution in [0.25, 0.3) is 16.6 Å². The van der Waals surface area contributed by atoms with Gasteiger partial charge in [0, 0.05) is 60.9 Å². The van der Waals surface area contributed by atoms with Crippen LogP contribution < -0.4 is 5.32 Å². The van der Waals surface area contributed by atoms with E-state index in [0.717, 1.165) is 62.2 Å². The number of H-pyrrole nitrogens is 1. The lowest BCUT2D eigenvalue weighted by molar-refractivity contribution is 0.111. The summed E-state index contributed by atoms with van der Waals surface area (Å²) in [4.78, 5) is 5.88. The highest BCUT2D eigenvalue weighted by molar-refractivity contribution is 5.85. The van der Waals surface area contributed by atoms with E-state index in [4.69, 9.17) is 0 Å². The summed E-state index contributed by atoms with van der Waals surface area (Å²) in [6.45, 7) is 3.86. The number of aliphatic hydroxyl groups is 1. The normalized spacial score (nSPS) is 16.6. The van der Waals surface area contributed by atoms with Gasteiger partial charge in [-0.25, -0.2) is 4.39 Å². The molecule has 0 amide bonds. The molecule has 0 radical (unpaired) electrons. The molecule has 0 aliphatic carbocycles. The smallest absolute Gasteiger partial charge is 0.123 e. The Morgan fingerprint density at radius 2 is 1.79 bits per heavy atom. The molecule has 178 valence electrons. The van der Waals surface area contributed by atoms with Crippen molar-refractivity contribution in [2.24, 2.45) is 0 Å². The van der Waals surface area contributed by atoms with Crippen LogP contribution >= 0.6 is 0 Å². The molecule has 0 saturated carbocycles. The molecule has 2 aromatic carbocycles. The molecular weight excluding hydrogens is 431 g/mol. The molecule has 1 aliphatic heterocycles. The third-order valence-electron chi connectivity index (χ3n) is 6.99. The average Bonchev–Trinajstić information content (AvgIpc) is 3.55. The summed E-state index contributed by atoms with van der Waals surface area (Å²) in [6, 6.07) is 13.1. The number of hydrogen-bond acceptors (Lipinski definition) is 5. The van der Waals surface area contributed by atoms with Crippen LogP contribution in [0.2, 0.25) is 0 Å². The summed E-state index contributed by atoms with van der Waals surface area (Å²) in [6.07, 6.45) is 8.41. The van der Waals surface area contributed by atoms with Crippen molar-refractivity contribution >= 4 is 10.9 Å². The summed E-state index contributed by atoms with van der Waals surface area (Å²) in [7, 11) is 0. The zero-order chi connectivity index (χ0) is 23.3. The Labute approximate surface area is 198 Å². The number of halogens is 1. The van der Waals surface area contributed by atoms with E-state index in [9.17, 15) is 9.50 Å².